The molecule has 3 amide bonds. The zero-order valence-electron chi connectivity index (χ0n) is 27.0. The lowest BCUT2D eigenvalue weighted by atomic mass is 9.72. The van der Waals surface area contributed by atoms with Gasteiger partial charge >= 0.3 is 5.97 Å². The van der Waals surface area contributed by atoms with E-state index in [0.717, 1.165) is 16.5 Å². The summed E-state index contributed by atoms with van der Waals surface area (Å²) in [6.07, 6.45) is 5.18. The molecule has 5 atom stereocenters. The fraction of sp³-hybridized carbons (Fsp3) is 0.559. The lowest BCUT2D eigenvalue weighted by molar-refractivity contribution is -0.157. The van der Waals surface area contributed by atoms with Crippen LogP contribution in [0, 0.1) is 11.3 Å². The number of aromatic nitrogens is 1. The number of hydrogen-bond donors (Lipinski definition) is 3. The lowest BCUT2D eigenvalue weighted by Gasteiger charge is -2.43. The van der Waals surface area contributed by atoms with Crippen molar-refractivity contribution in [3.8, 4) is 0 Å². The number of hydrogen-bond acceptors (Lipinski definition) is 8. The maximum Gasteiger partial charge on any atom is 0.325 e. The monoisotopic (exact) mass is 619 g/mol. The standard InChI is InChI=1S/C34H45N5O6/c1-20(2)28-29(40)35-21(3)30(41)39-16-7-8-26(38-39)31(42)45-22(4)25-12-11-24-10-9-23(18-27(24)36-25)13-14-34(32(43)37-28)15-17-44-33(5,6)19-34/h9-14,18,20-22,26,28,38H,7-8,15-17,19H2,1-6H3,(H,35,40)(H,37,43)/b14-13+/t21-,22+,26-,28-,34-/m0/s1. The van der Waals surface area contributed by atoms with E-state index in [1.54, 1.807) is 13.8 Å². The number of hydrazine groups is 1. The first-order valence-electron chi connectivity index (χ1n) is 15.9. The molecule has 3 aliphatic heterocycles. The van der Waals surface area contributed by atoms with Crippen LogP contribution < -0.4 is 16.1 Å². The number of nitrogens with one attached hydrogen (secondary N) is 3. The first kappa shape index (κ1) is 32.6. The summed E-state index contributed by atoms with van der Waals surface area (Å²) in [5.41, 5.74) is 3.69. The van der Waals surface area contributed by atoms with Gasteiger partial charge in [0.2, 0.25) is 11.8 Å². The SMILES string of the molecule is CC(C)[C@@H]1NC(=O)[C@@]2(/C=C/c3ccc4ccc(nc4c3)[C@@H](C)OC(=O)[C@@H]3CCCN(N3)C(=O)[C@H](C)NC1=O)CCOC(C)(C)C2. The second-order valence-electron chi connectivity index (χ2n) is 13.5. The second-order valence-corrected chi connectivity index (χ2v) is 13.5. The number of benzene rings is 1. The highest BCUT2D eigenvalue weighted by Gasteiger charge is 2.46. The first-order chi connectivity index (χ1) is 21.3. The molecule has 5 rings (SSSR count). The van der Waals surface area contributed by atoms with Crippen LogP contribution in [-0.4, -0.2) is 70.6 Å². The van der Waals surface area contributed by atoms with Crippen LogP contribution in [0.1, 0.15) is 84.6 Å². The van der Waals surface area contributed by atoms with Crippen LogP contribution in [0.3, 0.4) is 0 Å². The van der Waals surface area contributed by atoms with Gasteiger partial charge in [0.15, 0.2) is 0 Å². The summed E-state index contributed by atoms with van der Waals surface area (Å²) in [6.45, 7) is 11.8. The summed E-state index contributed by atoms with van der Waals surface area (Å²) in [6, 6.07) is 7.17. The predicted molar refractivity (Wildman–Crippen MR) is 169 cm³/mol. The van der Waals surface area contributed by atoms with Crippen LogP contribution in [0.5, 0.6) is 0 Å². The topological polar surface area (TPSA) is 139 Å². The van der Waals surface area contributed by atoms with Gasteiger partial charge in [-0.2, -0.15) is 0 Å². The number of rotatable bonds is 1. The van der Waals surface area contributed by atoms with Crippen molar-refractivity contribution in [2.45, 2.75) is 97.1 Å². The van der Waals surface area contributed by atoms with E-state index in [1.807, 2.05) is 70.2 Å². The van der Waals surface area contributed by atoms with Crippen molar-refractivity contribution in [1.29, 1.82) is 0 Å². The molecule has 1 aromatic carbocycles. The number of carbonyl (C=O) groups is 4. The Hall–Kier alpha value is -3.83. The molecule has 0 unspecified atom stereocenters. The van der Waals surface area contributed by atoms with Crippen molar-refractivity contribution in [2.75, 3.05) is 13.2 Å². The first-order valence-corrected chi connectivity index (χ1v) is 15.9. The number of cyclic esters (lactones) is 1. The van der Waals surface area contributed by atoms with Gasteiger partial charge in [0, 0.05) is 18.5 Å². The molecule has 1 aromatic heterocycles. The zero-order chi connectivity index (χ0) is 32.5. The third kappa shape index (κ3) is 7.20. The predicted octanol–water partition coefficient (Wildman–Crippen LogP) is 3.58. The minimum Gasteiger partial charge on any atom is -0.455 e. The molecule has 3 N–H and O–H groups in total. The van der Waals surface area contributed by atoms with Crippen LogP contribution in [0.4, 0.5) is 0 Å². The summed E-state index contributed by atoms with van der Waals surface area (Å²) in [7, 11) is 0. The van der Waals surface area contributed by atoms with Gasteiger partial charge in [-0.25, -0.2) is 10.4 Å². The molecule has 0 aliphatic carbocycles. The number of pyridine rings is 1. The molecule has 5 bridgehead atoms. The van der Waals surface area contributed by atoms with Crippen LogP contribution in [-0.2, 0) is 28.7 Å². The Morgan fingerprint density at radius 2 is 1.80 bits per heavy atom. The molecule has 3 aliphatic rings. The number of fused-ring (bicyclic) bond motifs is 4. The van der Waals surface area contributed by atoms with E-state index in [-0.39, 0.29) is 17.7 Å². The molecule has 1 spiro atoms. The minimum absolute atomic E-state index is 0.248. The molecule has 2 aromatic rings. The third-order valence-corrected chi connectivity index (χ3v) is 8.98. The Labute approximate surface area is 264 Å². The van der Waals surface area contributed by atoms with Crippen molar-refractivity contribution >= 4 is 40.7 Å². The Morgan fingerprint density at radius 1 is 1.04 bits per heavy atom. The highest BCUT2D eigenvalue weighted by molar-refractivity contribution is 5.94. The van der Waals surface area contributed by atoms with Gasteiger partial charge < -0.3 is 20.1 Å². The molecule has 242 valence electrons. The number of ether oxygens (including phenoxy) is 2. The van der Waals surface area contributed by atoms with Gasteiger partial charge in [-0.15, -0.1) is 0 Å². The molecular weight excluding hydrogens is 574 g/mol. The number of nitrogens with zero attached hydrogens (tertiary/aromatic N) is 2. The summed E-state index contributed by atoms with van der Waals surface area (Å²) in [5, 5.41) is 8.12. The summed E-state index contributed by atoms with van der Waals surface area (Å²) < 4.78 is 11.8. The molecule has 0 saturated carbocycles. The fourth-order valence-electron chi connectivity index (χ4n) is 6.41. The van der Waals surface area contributed by atoms with E-state index in [2.05, 4.69) is 16.1 Å². The Bertz CT molecular complexity index is 1510. The van der Waals surface area contributed by atoms with Crippen LogP contribution >= 0.6 is 0 Å². The lowest BCUT2D eigenvalue weighted by Crippen LogP contribution is -2.61. The molecule has 11 heteroatoms. The van der Waals surface area contributed by atoms with Crippen molar-refractivity contribution in [2.24, 2.45) is 11.3 Å². The van der Waals surface area contributed by atoms with Gasteiger partial charge in [0.25, 0.3) is 5.91 Å². The Kier molecular flexibility index (Phi) is 9.32. The highest BCUT2D eigenvalue weighted by atomic mass is 16.5. The molecule has 0 radical (unpaired) electrons. The number of amides is 3. The van der Waals surface area contributed by atoms with Crippen LogP contribution in [0.25, 0.3) is 17.0 Å². The number of esters is 1. The van der Waals surface area contributed by atoms with Crippen LogP contribution in [0.2, 0.25) is 0 Å². The number of carbonyl (C=O) groups excluding carboxylic acids is 4. The normalized spacial score (nSPS) is 30.6. The average molecular weight is 620 g/mol. The second kappa shape index (κ2) is 12.9. The Balaban J connectivity index is 1.55. The molecule has 2 saturated heterocycles. The molecule has 45 heavy (non-hydrogen) atoms. The molecule has 11 nitrogen and oxygen atoms in total. The van der Waals surface area contributed by atoms with Gasteiger partial charge in [-0.1, -0.05) is 44.2 Å². The van der Waals surface area contributed by atoms with Gasteiger partial charge in [0.05, 0.1) is 22.2 Å². The van der Waals surface area contributed by atoms with E-state index in [9.17, 15) is 19.2 Å². The molecule has 4 heterocycles. The van der Waals surface area contributed by atoms with Gasteiger partial charge in [0.1, 0.15) is 24.2 Å². The van der Waals surface area contributed by atoms with Crippen molar-refractivity contribution in [3.63, 3.8) is 0 Å². The third-order valence-electron chi connectivity index (χ3n) is 8.98. The van der Waals surface area contributed by atoms with E-state index in [0.29, 0.717) is 44.5 Å². The zero-order valence-corrected chi connectivity index (χ0v) is 27.0. The van der Waals surface area contributed by atoms with E-state index in [4.69, 9.17) is 14.5 Å². The van der Waals surface area contributed by atoms with E-state index in [1.165, 1.54) is 5.01 Å². The molecular formula is C34H45N5O6. The summed E-state index contributed by atoms with van der Waals surface area (Å²) in [4.78, 5) is 59.1. The smallest absolute Gasteiger partial charge is 0.325 e. The van der Waals surface area contributed by atoms with Crippen molar-refractivity contribution < 1.29 is 28.7 Å². The highest BCUT2D eigenvalue weighted by Crippen LogP contribution is 2.41. The summed E-state index contributed by atoms with van der Waals surface area (Å²) >= 11 is 0. The van der Waals surface area contributed by atoms with Gasteiger partial charge in [-0.3, -0.25) is 24.2 Å². The molecule has 2 fully saturated rings. The average Bonchev–Trinajstić information content (AvgIpc) is 3.00. The van der Waals surface area contributed by atoms with Crippen molar-refractivity contribution in [3.05, 3.63) is 47.7 Å². The quantitative estimate of drug-likeness (QED) is 0.412. The van der Waals surface area contributed by atoms with Gasteiger partial charge in [-0.05, 0) is 77.0 Å². The maximum atomic E-state index is 14.2. The Morgan fingerprint density at radius 3 is 2.53 bits per heavy atom. The minimum atomic E-state index is -0.935. The van der Waals surface area contributed by atoms with Crippen molar-refractivity contribution in [1.82, 2.24) is 26.1 Å². The fourth-order valence-corrected chi connectivity index (χ4v) is 6.41. The van der Waals surface area contributed by atoms with E-state index < -0.39 is 47.1 Å². The largest absolute Gasteiger partial charge is 0.455 e. The van der Waals surface area contributed by atoms with E-state index >= 15 is 0 Å². The maximum absolute atomic E-state index is 14.2. The summed E-state index contributed by atoms with van der Waals surface area (Å²) in [5.74, 6) is -1.83. The van der Waals surface area contributed by atoms with Crippen LogP contribution in [0.15, 0.2) is 36.4 Å².